The van der Waals surface area contributed by atoms with Crippen LogP contribution >= 0.6 is 81.9 Å². The first-order valence-corrected chi connectivity index (χ1v) is 20.8. The molecule has 4 heterocycles. The average molecular weight is 782 g/mol. The molecule has 3 aliphatic heterocycles. The van der Waals surface area contributed by atoms with Crippen molar-refractivity contribution < 1.29 is 17.9 Å². The Morgan fingerprint density at radius 1 is 0.816 bits per heavy atom. The number of ether oxygens (including phenoxy) is 1. The largest absolute Gasteiger partial charge is 0.473 e. The van der Waals surface area contributed by atoms with Crippen LogP contribution in [0.15, 0.2) is 105 Å². The fourth-order valence-corrected chi connectivity index (χ4v) is 14.0. The van der Waals surface area contributed by atoms with E-state index in [1.54, 1.807) is 71.3 Å². The van der Waals surface area contributed by atoms with Crippen LogP contribution in [-0.2, 0) is 10.3 Å². The third kappa shape index (κ3) is 7.00. The molecule has 0 N–H and O–H groups in total. The highest BCUT2D eigenvalue weighted by atomic mass is 32.3. The predicted octanol–water partition coefficient (Wildman–Crippen LogP) is 12.1. The van der Waals surface area contributed by atoms with Crippen LogP contribution in [0.25, 0.3) is 18.2 Å². The Hall–Kier alpha value is -3.00. The molecule has 1 aromatic heterocycles. The molecule has 0 fully saturated rings. The molecule has 0 spiro atoms. The lowest BCUT2D eigenvalue weighted by molar-refractivity contribution is -0.275. The zero-order chi connectivity index (χ0) is 34.8. The third-order valence-corrected chi connectivity index (χ3v) is 16.8. The first-order valence-electron chi connectivity index (χ1n) is 14.3. The quantitative estimate of drug-likeness (QED) is 0.220. The number of rotatable bonds is 8. The maximum Gasteiger partial charge on any atom is 0.433 e. The minimum absolute atomic E-state index is 0.231. The van der Waals surface area contributed by atoms with Gasteiger partial charge in [0.1, 0.15) is 5.76 Å². The van der Waals surface area contributed by atoms with E-state index >= 15 is 13.2 Å². The van der Waals surface area contributed by atoms with Crippen LogP contribution in [-0.4, -0.2) is 18.7 Å². The standard InChI is InChI=1S/C35H22F3N3OS7/c1-43-30-31(44-2)49-33(48-30)32-46-27-15-9-20(16-28(27)47-32)8-10-23-11-12-24(45-23)13-14-26-25(19-41)29(21(17-39)18-40)42-34(26,35(36,37)38)22-6-4-3-5-7-22/h3-16,21,26H,1-2H3/b10-8+,14-13+/t26?,34-/m1/s1. The van der Waals surface area contributed by atoms with Gasteiger partial charge in [-0.3, -0.25) is 0 Å². The Balaban J connectivity index is 1.24. The number of thioether (sulfide) groups is 6. The summed E-state index contributed by atoms with van der Waals surface area (Å²) in [7, 11) is 0. The summed E-state index contributed by atoms with van der Waals surface area (Å²) in [5, 5.41) is 29.0. The van der Waals surface area contributed by atoms with Gasteiger partial charge in [0.2, 0.25) is 5.60 Å². The molecule has 0 bridgehead atoms. The highest BCUT2D eigenvalue weighted by Crippen LogP contribution is 2.64. The van der Waals surface area contributed by atoms with Crippen LogP contribution in [0.1, 0.15) is 20.9 Å². The number of alkyl halides is 3. The number of benzene rings is 2. The summed E-state index contributed by atoms with van der Waals surface area (Å²) in [4.78, 5) is 3.99. The number of halogens is 3. The predicted molar refractivity (Wildman–Crippen MR) is 203 cm³/mol. The summed E-state index contributed by atoms with van der Waals surface area (Å²) in [5.41, 5.74) is -2.59. The number of hydrogen-bond donors (Lipinski definition) is 0. The van der Waals surface area contributed by atoms with E-state index in [4.69, 9.17) is 4.74 Å². The second kappa shape index (κ2) is 15.1. The van der Waals surface area contributed by atoms with Crippen molar-refractivity contribution in [1.29, 1.82) is 15.8 Å². The van der Waals surface area contributed by atoms with Gasteiger partial charge >= 0.3 is 6.18 Å². The molecule has 0 amide bonds. The van der Waals surface area contributed by atoms with Crippen LogP contribution in [0.5, 0.6) is 0 Å². The normalized spacial score (nSPS) is 20.8. The molecule has 3 aliphatic rings. The van der Waals surface area contributed by atoms with Gasteiger partial charge < -0.3 is 4.74 Å². The first kappa shape index (κ1) is 35.8. The van der Waals surface area contributed by atoms with Crippen molar-refractivity contribution in [1.82, 2.24) is 0 Å². The number of fused-ring (bicyclic) bond motifs is 1. The van der Waals surface area contributed by atoms with Crippen molar-refractivity contribution in [2.24, 2.45) is 11.8 Å². The molecule has 14 heteroatoms. The summed E-state index contributed by atoms with van der Waals surface area (Å²) in [6, 6.07) is 22.2. The number of nitrogens with zero attached hydrogens (tertiary/aromatic N) is 3. The zero-order valence-electron chi connectivity index (χ0n) is 25.5. The number of hydrogen-bond acceptors (Lipinski definition) is 11. The Morgan fingerprint density at radius 2 is 1.45 bits per heavy atom. The minimum atomic E-state index is -4.99. The second-order valence-electron chi connectivity index (χ2n) is 10.4. The van der Waals surface area contributed by atoms with E-state index in [0.717, 1.165) is 10.4 Å². The van der Waals surface area contributed by atoms with Gasteiger partial charge in [-0.05, 0) is 54.5 Å². The van der Waals surface area contributed by atoms with E-state index in [2.05, 4.69) is 30.7 Å². The monoisotopic (exact) mass is 781 g/mol. The second-order valence-corrected chi connectivity index (χ2v) is 18.3. The van der Waals surface area contributed by atoms with Crippen molar-refractivity contribution >= 4 is 100 Å². The van der Waals surface area contributed by atoms with Crippen molar-refractivity contribution in [3.63, 3.8) is 0 Å². The van der Waals surface area contributed by atoms with Crippen LogP contribution in [0.3, 0.4) is 0 Å². The molecule has 2 atom stereocenters. The summed E-state index contributed by atoms with van der Waals surface area (Å²) in [6.07, 6.45) is 6.02. The highest BCUT2D eigenvalue weighted by Gasteiger charge is 2.67. The Kier molecular flexibility index (Phi) is 11.0. The van der Waals surface area contributed by atoms with Crippen molar-refractivity contribution in [2.75, 3.05) is 12.5 Å². The lowest BCUT2D eigenvalue weighted by atomic mass is 9.77. The first-order chi connectivity index (χ1) is 23.6. The molecule has 3 aromatic rings. The Bertz CT molecular complexity index is 2050. The van der Waals surface area contributed by atoms with Crippen molar-refractivity contribution in [2.45, 2.75) is 21.6 Å². The Labute approximate surface area is 311 Å². The van der Waals surface area contributed by atoms with Crippen LogP contribution in [0.2, 0.25) is 0 Å². The Morgan fingerprint density at radius 3 is 2.06 bits per heavy atom. The molecule has 0 saturated heterocycles. The van der Waals surface area contributed by atoms with Gasteiger partial charge in [-0.15, -0.1) is 34.9 Å². The topological polar surface area (TPSA) is 80.6 Å². The smallest absolute Gasteiger partial charge is 0.433 e. The summed E-state index contributed by atoms with van der Waals surface area (Å²) in [6.45, 7) is 0. The van der Waals surface area contributed by atoms with E-state index < -0.39 is 34.9 Å². The number of thiophene rings is 1. The molecule has 6 rings (SSSR count). The molecule has 0 saturated carbocycles. The van der Waals surface area contributed by atoms with Crippen molar-refractivity contribution in [3.8, 4) is 18.2 Å². The molecular weight excluding hydrogens is 760 g/mol. The van der Waals surface area contributed by atoms with Gasteiger partial charge in [0.15, 0.2) is 5.92 Å². The maximum absolute atomic E-state index is 15.1. The lowest BCUT2D eigenvalue weighted by Crippen LogP contribution is -2.47. The third-order valence-electron chi connectivity index (χ3n) is 7.54. The van der Waals surface area contributed by atoms with Gasteiger partial charge in [0.25, 0.3) is 0 Å². The molecular formula is C35H22F3N3OS7. The molecule has 49 heavy (non-hydrogen) atoms. The SMILES string of the molecule is CSC1=C(SC)SC(=C2Sc3ccc(/C=C/c4ccc(/C=C/C5C(C#N)=C(C(C#N)C#N)O[C@@]5(c5ccccc5)C(F)(F)F)s4)cc3S2)S1. The van der Waals surface area contributed by atoms with E-state index in [1.807, 2.05) is 47.8 Å². The van der Waals surface area contributed by atoms with Gasteiger partial charge in [-0.1, -0.05) is 95.6 Å². The molecule has 0 radical (unpaired) electrons. The molecule has 246 valence electrons. The fourth-order valence-electron chi connectivity index (χ4n) is 5.31. The van der Waals surface area contributed by atoms with E-state index in [0.29, 0.717) is 4.88 Å². The number of nitriles is 3. The zero-order valence-corrected chi connectivity index (χ0v) is 31.2. The maximum atomic E-state index is 15.1. The molecule has 2 aromatic carbocycles. The van der Waals surface area contributed by atoms with Crippen molar-refractivity contribution in [3.05, 3.63) is 116 Å². The summed E-state index contributed by atoms with van der Waals surface area (Å²) >= 11 is 12.2. The van der Waals surface area contributed by atoms with Gasteiger partial charge in [0.05, 0.1) is 46.6 Å². The molecule has 4 nitrogen and oxygen atoms in total. The average Bonchev–Trinajstić information content (AvgIpc) is 3.90. The van der Waals surface area contributed by atoms with E-state index in [1.165, 1.54) is 74.5 Å². The fraction of sp³-hybridized carbons (Fsp3) is 0.171. The van der Waals surface area contributed by atoms with Gasteiger partial charge in [-0.25, -0.2) is 0 Å². The molecule has 1 unspecified atom stereocenters. The summed E-state index contributed by atoms with van der Waals surface area (Å²) in [5.74, 6) is -3.87. The van der Waals surface area contributed by atoms with Gasteiger partial charge in [0, 0.05) is 25.1 Å². The minimum Gasteiger partial charge on any atom is -0.473 e. The lowest BCUT2D eigenvalue weighted by Gasteiger charge is -2.36. The van der Waals surface area contributed by atoms with Gasteiger partial charge in [-0.2, -0.15) is 29.0 Å². The summed E-state index contributed by atoms with van der Waals surface area (Å²) < 4.78 is 56.0. The number of allylic oxidation sites excluding steroid dienone is 1. The van der Waals surface area contributed by atoms with E-state index in [9.17, 15) is 15.8 Å². The van der Waals surface area contributed by atoms with Crippen LogP contribution in [0, 0.1) is 45.8 Å². The van der Waals surface area contributed by atoms with Crippen LogP contribution in [0.4, 0.5) is 13.2 Å². The van der Waals surface area contributed by atoms with E-state index in [-0.39, 0.29) is 5.56 Å². The molecule has 0 aliphatic carbocycles. The highest BCUT2D eigenvalue weighted by molar-refractivity contribution is 8.41. The van der Waals surface area contributed by atoms with Crippen LogP contribution < -0.4 is 0 Å².